The SMILES string of the molecule is COc1ccc(C)cc1N(CC(=O)N(Cc1ccccc1)[C@H](C)C(=O)NC(C)C)S(C)(=O)=O. The standard InChI is InChI=1S/C24H33N3O5S/c1-17(2)25-24(29)19(4)26(15-20-10-8-7-9-11-20)23(28)16-27(33(6,30)31)21-14-18(3)12-13-22(21)32-5/h7-14,17,19H,15-16H2,1-6H3,(H,25,29)/t19-/m1/s1. The van der Waals surface area contributed by atoms with E-state index in [0.717, 1.165) is 21.7 Å². The summed E-state index contributed by atoms with van der Waals surface area (Å²) in [5, 5.41) is 2.82. The molecular formula is C24H33N3O5S. The van der Waals surface area contributed by atoms with Crippen molar-refractivity contribution in [1.29, 1.82) is 0 Å². The summed E-state index contributed by atoms with van der Waals surface area (Å²) in [5.74, 6) is -0.480. The van der Waals surface area contributed by atoms with Gasteiger partial charge in [-0.25, -0.2) is 8.42 Å². The summed E-state index contributed by atoms with van der Waals surface area (Å²) in [7, 11) is -2.39. The van der Waals surface area contributed by atoms with Gasteiger partial charge in [-0.3, -0.25) is 13.9 Å². The van der Waals surface area contributed by atoms with Crippen molar-refractivity contribution in [3.63, 3.8) is 0 Å². The summed E-state index contributed by atoms with van der Waals surface area (Å²) in [4.78, 5) is 27.6. The fourth-order valence-electron chi connectivity index (χ4n) is 3.36. The van der Waals surface area contributed by atoms with Crippen LogP contribution in [0.15, 0.2) is 48.5 Å². The Morgan fingerprint density at radius 3 is 2.24 bits per heavy atom. The Bertz CT molecular complexity index is 1070. The molecule has 2 aromatic carbocycles. The van der Waals surface area contributed by atoms with E-state index in [-0.39, 0.29) is 24.2 Å². The Morgan fingerprint density at radius 1 is 1.06 bits per heavy atom. The number of ether oxygens (including phenoxy) is 1. The lowest BCUT2D eigenvalue weighted by Crippen LogP contribution is -2.52. The Morgan fingerprint density at radius 2 is 1.70 bits per heavy atom. The van der Waals surface area contributed by atoms with E-state index in [1.807, 2.05) is 51.1 Å². The molecule has 1 atom stereocenters. The molecule has 2 rings (SSSR count). The van der Waals surface area contributed by atoms with Crippen molar-refractivity contribution in [1.82, 2.24) is 10.2 Å². The van der Waals surface area contributed by atoms with Crippen LogP contribution in [0, 0.1) is 6.92 Å². The number of carbonyl (C=O) groups excluding carboxylic acids is 2. The largest absolute Gasteiger partial charge is 0.495 e. The molecule has 0 aliphatic heterocycles. The maximum Gasteiger partial charge on any atom is 0.244 e. The first-order valence-corrected chi connectivity index (χ1v) is 12.5. The molecule has 1 N–H and O–H groups in total. The molecule has 0 saturated heterocycles. The molecule has 33 heavy (non-hydrogen) atoms. The van der Waals surface area contributed by atoms with Gasteiger partial charge < -0.3 is 15.0 Å². The highest BCUT2D eigenvalue weighted by atomic mass is 32.2. The number of carbonyl (C=O) groups is 2. The zero-order chi connectivity index (χ0) is 24.8. The predicted octanol–water partition coefficient (Wildman–Crippen LogP) is 2.71. The summed E-state index contributed by atoms with van der Waals surface area (Å²) >= 11 is 0. The molecule has 180 valence electrons. The number of hydrogen-bond donors (Lipinski definition) is 1. The summed E-state index contributed by atoms with van der Waals surface area (Å²) in [6.07, 6.45) is 1.04. The van der Waals surface area contributed by atoms with E-state index in [1.54, 1.807) is 25.1 Å². The van der Waals surface area contributed by atoms with Gasteiger partial charge in [-0.1, -0.05) is 36.4 Å². The fraction of sp³-hybridized carbons (Fsp3) is 0.417. The Kier molecular flexibility index (Phi) is 8.87. The normalized spacial score (nSPS) is 12.2. The van der Waals surface area contributed by atoms with E-state index in [2.05, 4.69) is 5.32 Å². The maximum atomic E-state index is 13.5. The van der Waals surface area contributed by atoms with Crippen molar-refractivity contribution in [3.8, 4) is 5.75 Å². The maximum absolute atomic E-state index is 13.5. The highest BCUT2D eigenvalue weighted by Crippen LogP contribution is 2.31. The van der Waals surface area contributed by atoms with Crippen LogP contribution < -0.4 is 14.4 Å². The highest BCUT2D eigenvalue weighted by Gasteiger charge is 2.31. The van der Waals surface area contributed by atoms with Gasteiger partial charge in [0.25, 0.3) is 0 Å². The molecule has 0 aromatic heterocycles. The number of aryl methyl sites for hydroxylation is 1. The van der Waals surface area contributed by atoms with E-state index in [9.17, 15) is 18.0 Å². The second kappa shape index (κ2) is 11.2. The van der Waals surface area contributed by atoms with E-state index in [0.29, 0.717) is 5.75 Å². The molecular weight excluding hydrogens is 442 g/mol. The molecule has 0 bridgehead atoms. The topological polar surface area (TPSA) is 96.0 Å². The van der Waals surface area contributed by atoms with E-state index in [4.69, 9.17) is 4.74 Å². The Hall–Kier alpha value is -3.07. The second-order valence-electron chi connectivity index (χ2n) is 8.29. The number of methoxy groups -OCH3 is 1. The number of amides is 2. The quantitative estimate of drug-likeness (QED) is 0.570. The molecule has 0 aliphatic rings. The highest BCUT2D eigenvalue weighted by molar-refractivity contribution is 7.92. The zero-order valence-corrected chi connectivity index (χ0v) is 20.8. The van der Waals surface area contributed by atoms with Crippen LogP contribution in [0.4, 0.5) is 5.69 Å². The van der Waals surface area contributed by atoms with E-state index < -0.39 is 28.5 Å². The van der Waals surface area contributed by atoms with Crippen molar-refractivity contribution in [3.05, 3.63) is 59.7 Å². The first kappa shape index (κ1) is 26.2. The minimum atomic E-state index is -3.83. The van der Waals surface area contributed by atoms with Crippen molar-refractivity contribution in [2.75, 3.05) is 24.2 Å². The number of benzene rings is 2. The molecule has 2 aromatic rings. The number of hydrogen-bond acceptors (Lipinski definition) is 5. The lowest BCUT2D eigenvalue weighted by molar-refractivity contribution is -0.139. The molecule has 0 saturated carbocycles. The third kappa shape index (κ3) is 7.21. The predicted molar refractivity (Wildman–Crippen MR) is 130 cm³/mol. The monoisotopic (exact) mass is 475 g/mol. The van der Waals surface area contributed by atoms with Crippen LogP contribution in [-0.2, 0) is 26.2 Å². The Labute approximate surface area is 196 Å². The van der Waals surface area contributed by atoms with Crippen LogP contribution in [0.5, 0.6) is 5.75 Å². The van der Waals surface area contributed by atoms with Crippen LogP contribution in [0.1, 0.15) is 31.9 Å². The van der Waals surface area contributed by atoms with Gasteiger partial charge in [0, 0.05) is 12.6 Å². The lowest BCUT2D eigenvalue weighted by Gasteiger charge is -2.32. The number of rotatable bonds is 10. The van der Waals surface area contributed by atoms with Gasteiger partial charge in [-0.2, -0.15) is 0 Å². The van der Waals surface area contributed by atoms with E-state index >= 15 is 0 Å². The second-order valence-corrected chi connectivity index (χ2v) is 10.2. The van der Waals surface area contributed by atoms with E-state index in [1.165, 1.54) is 12.0 Å². The number of nitrogens with one attached hydrogen (secondary N) is 1. The summed E-state index contributed by atoms with van der Waals surface area (Å²) in [6, 6.07) is 13.5. The minimum absolute atomic E-state index is 0.0994. The third-order valence-corrected chi connectivity index (χ3v) is 6.20. The number of sulfonamides is 1. The first-order chi connectivity index (χ1) is 15.4. The van der Waals surface area contributed by atoms with Gasteiger partial charge >= 0.3 is 0 Å². The first-order valence-electron chi connectivity index (χ1n) is 10.7. The molecule has 9 heteroatoms. The molecule has 0 fully saturated rings. The average Bonchev–Trinajstić information content (AvgIpc) is 2.74. The molecule has 0 aliphatic carbocycles. The van der Waals surface area contributed by atoms with Gasteiger partial charge in [0.2, 0.25) is 21.8 Å². The molecule has 8 nitrogen and oxygen atoms in total. The van der Waals surface area contributed by atoms with Crippen LogP contribution >= 0.6 is 0 Å². The molecule has 0 heterocycles. The van der Waals surface area contributed by atoms with Crippen LogP contribution in [0.2, 0.25) is 0 Å². The minimum Gasteiger partial charge on any atom is -0.495 e. The lowest BCUT2D eigenvalue weighted by atomic mass is 10.1. The van der Waals surface area contributed by atoms with Gasteiger partial charge in [-0.15, -0.1) is 0 Å². The zero-order valence-electron chi connectivity index (χ0n) is 20.0. The van der Waals surface area contributed by atoms with Crippen LogP contribution in [0.25, 0.3) is 0 Å². The summed E-state index contributed by atoms with van der Waals surface area (Å²) in [6.45, 7) is 6.83. The Balaban J connectivity index is 2.44. The average molecular weight is 476 g/mol. The van der Waals surface area contributed by atoms with Gasteiger partial charge in [0.05, 0.1) is 19.1 Å². The molecule has 0 spiro atoms. The van der Waals surface area contributed by atoms with Gasteiger partial charge in [0.1, 0.15) is 18.3 Å². The smallest absolute Gasteiger partial charge is 0.244 e. The molecule has 0 unspecified atom stereocenters. The molecule has 2 amide bonds. The van der Waals surface area contributed by atoms with Crippen LogP contribution in [0.3, 0.4) is 0 Å². The molecule has 0 radical (unpaired) electrons. The van der Waals surface area contributed by atoms with Crippen LogP contribution in [-0.4, -0.2) is 57.1 Å². The van der Waals surface area contributed by atoms with Gasteiger partial charge in [-0.05, 0) is 51.0 Å². The fourth-order valence-corrected chi connectivity index (χ4v) is 4.20. The number of nitrogens with zero attached hydrogens (tertiary/aromatic N) is 2. The third-order valence-electron chi connectivity index (χ3n) is 5.08. The number of anilines is 1. The summed E-state index contributed by atoms with van der Waals surface area (Å²) in [5.41, 5.74) is 1.92. The van der Waals surface area contributed by atoms with Gasteiger partial charge in [0.15, 0.2) is 0 Å². The van der Waals surface area contributed by atoms with Crippen molar-refractivity contribution >= 4 is 27.5 Å². The van der Waals surface area contributed by atoms with Crippen molar-refractivity contribution < 1.29 is 22.7 Å². The summed E-state index contributed by atoms with van der Waals surface area (Å²) < 4.78 is 31.8. The van der Waals surface area contributed by atoms with Crippen molar-refractivity contribution in [2.45, 2.75) is 46.3 Å². The van der Waals surface area contributed by atoms with Crippen molar-refractivity contribution in [2.24, 2.45) is 0 Å².